The lowest BCUT2D eigenvalue weighted by atomic mass is 10.0. The monoisotopic (exact) mass is 480 g/mol. The number of nitrogens with one attached hydrogen (secondary N) is 1. The second-order valence-electron chi connectivity index (χ2n) is 8.48. The molecule has 0 fully saturated rings. The molecule has 0 saturated carbocycles. The molecule has 0 aliphatic carbocycles. The number of benzene rings is 4. The van der Waals surface area contributed by atoms with E-state index in [0.29, 0.717) is 28.6 Å². The molecule has 0 bridgehead atoms. The lowest BCUT2D eigenvalue weighted by Crippen LogP contribution is -2.13. The third kappa shape index (κ3) is 5.54. The van der Waals surface area contributed by atoms with Crippen molar-refractivity contribution < 1.29 is 9.53 Å². The number of nitrogens with zero attached hydrogens (tertiary/aromatic N) is 1. The summed E-state index contributed by atoms with van der Waals surface area (Å²) in [6.07, 6.45) is 1.51. The number of hydrogen-bond acceptors (Lipinski definition) is 3. The van der Waals surface area contributed by atoms with Crippen LogP contribution in [0.1, 0.15) is 27.8 Å². The Morgan fingerprint density at radius 3 is 2.49 bits per heavy atom. The van der Waals surface area contributed by atoms with E-state index in [9.17, 15) is 10.1 Å². The van der Waals surface area contributed by atoms with Gasteiger partial charge < -0.3 is 10.1 Å². The highest BCUT2D eigenvalue weighted by atomic mass is 35.5. The minimum atomic E-state index is -0.473. The summed E-state index contributed by atoms with van der Waals surface area (Å²) in [6, 6.07) is 25.2. The van der Waals surface area contributed by atoms with Gasteiger partial charge in [0.15, 0.2) is 0 Å². The Labute approximate surface area is 210 Å². The quantitative estimate of drug-likeness (QED) is 0.229. The molecule has 0 spiro atoms. The van der Waals surface area contributed by atoms with E-state index < -0.39 is 5.91 Å². The van der Waals surface area contributed by atoms with Crippen molar-refractivity contribution in [3.63, 3.8) is 0 Å². The molecule has 0 saturated heterocycles. The summed E-state index contributed by atoms with van der Waals surface area (Å²) >= 11 is 6.48. The molecular weight excluding hydrogens is 456 g/mol. The van der Waals surface area contributed by atoms with Crippen molar-refractivity contribution in [2.24, 2.45) is 0 Å². The molecule has 4 aromatic rings. The van der Waals surface area contributed by atoms with Crippen LogP contribution in [0.15, 0.2) is 78.4 Å². The van der Waals surface area contributed by atoms with Crippen LogP contribution in [0.5, 0.6) is 5.75 Å². The number of halogens is 1. The minimum Gasteiger partial charge on any atom is -0.487 e. The summed E-state index contributed by atoms with van der Waals surface area (Å²) in [4.78, 5) is 12.6. The van der Waals surface area contributed by atoms with Crippen molar-refractivity contribution >= 4 is 40.0 Å². The normalized spacial score (nSPS) is 11.2. The Morgan fingerprint density at radius 1 is 0.971 bits per heavy atom. The predicted molar refractivity (Wildman–Crippen MR) is 143 cm³/mol. The van der Waals surface area contributed by atoms with E-state index >= 15 is 0 Å². The number of rotatable bonds is 6. The summed E-state index contributed by atoms with van der Waals surface area (Å²) in [5.74, 6) is 0.0628. The standard InChI is InChI=1S/C30H25ClN2O2/c1-19-9-12-25(14-21(19)3)33-30(34)24(17-32)15-22-10-13-29(28(31)16-22)35-18-27-20(2)8-11-23-6-4-5-7-26(23)27/h4-16H,18H2,1-3H3,(H,33,34)/b24-15+. The van der Waals surface area contributed by atoms with Gasteiger partial charge in [-0.2, -0.15) is 5.26 Å². The number of aryl methyl sites for hydroxylation is 3. The number of carbonyl (C=O) groups excluding carboxylic acids is 1. The molecule has 5 heteroatoms. The Hall–Kier alpha value is -4.07. The fourth-order valence-electron chi connectivity index (χ4n) is 3.84. The zero-order valence-electron chi connectivity index (χ0n) is 19.9. The third-order valence-corrected chi connectivity index (χ3v) is 6.34. The van der Waals surface area contributed by atoms with Gasteiger partial charge in [-0.05, 0) is 84.1 Å². The van der Waals surface area contributed by atoms with Crippen molar-refractivity contribution in [2.45, 2.75) is 27.4 Å². The fraction of sp³-hybridized carbons (Fsp3) is 0.133. The summed E-state index contributed by atoms with van der Waals surface area (Å²) in [5.41, 5.74) is 5.71. The number of amides is 1. The summed E-state index contributed by atoms with van der Waals surface area (Å²) in [6.45, 7) is 6.41. The van der Waals surface area contributed by atoms with Gasteiger partial charge in [0, 0.05) is 11.3 Å². The Bertz CT molecular complexity index is 1500. The lowest BCUT2D eigenvalue weighted by Gasteiger charge is -2.13. The SMILES string of the molecule is Cc1ccc(NC(=O)/C(C#N)=C/c2ccc(OCc3c(C)ccc4ccccc34)c(Cl)c2)cc1C. The minimum absolute atomic E-state index is 0.0145. The molecule has 4 rings (SSSR count). The molecule has 0 atom stereocenters. The molecule has 4 nitrogen and oxygen atoms in total. The maximum atomic E-state index is 12.6. The molecule has 0 aromatic heterocycles. The van der Waals surface area contributed by atoms with Gasteiger partial charge in [-0.25, -0.2) is 0 Å². The summed E-state index contributed by atoms with van der Waals surface area (Å²) in [7, 11) is 0. The average molecular weight is 481 g/mol. The molecule has 0 aliphatic rings. The molecular formula is C30H25ClN2O2. The molecule has 0 aliphatic heterocycles. The largest absolute Gasteiger partial charge is 0.487 e. The number of nitriles is 1. The molecule has 1 amide bonds. The van der Waals surface area contributed by atoms with E-state index in [1.54, 1.807) is 18.2 Å². The van der Waals surface area contributed by atoms with E-state index in [1.807, 2.05) is 50.2 Å². The number of anilines is 1. The van der Waals surface area contributed by atoms with Gasteiger partial charge in [0.05, 0.1) is 5.02 Å². The molecule has 35 heavy (non-hydrogen) atoms. The smallest absolute Gasteiger partial charge is 0.266 e. The first-order valence-corrected chi connectivity index (χ1v) is 11.6. The van der Waals surface area contributed by atoms with Crippen LogP contribution in [0, 0.1) is 32.1 Å². The first-order chi connectivity index (χ1) is 16.9. The summed E-state index contributed by atoms with van der Waals surface area (Å²) in [5, 5.41) is 15.0. The van der Waals surface area contributed by atoms with E-state index in [2.05, 4.69) is 36.5 Å². The highest BCUT2D eigenvalue weighted by Crippen LogP contribution is 2.29. The van der Waals surface area contributed by atoms with Crippen LogP contribution in [0.4, 0.5) is 5.69 Å². The zero-order valence-corrected chi connectivity index (χ0v) is 20.6. The van der Waals surface area contributed by atoms with Crippen molar-refractivity contribution in [1.29, 1.82) is 5.26 Å². The van der Waals surface area contributed by atoms with Gasteiger partial charge in [-0.1, -0.05) is 60.1 Å². The second-order valence-corrected chi connectivity index (χ2v) is 8.89. The highest BCUT2D eigenvalue weighted by molar-refractivity contribution is 6.32. The van der Waals surface area contributed by atoms with Gasteiger partial charge in [0.2, 0.25) is 0 Å². The van der Waals surface area contributed by atoms with Gasteiger partial charge in [-0.3, -0.25) is 4.79 Å². The number of ether oxygens (including phenoxy) is 1. The first kappa shape index (κ1) is 24.1. The predicted octanol–water partition coefficient (Wildman–Crippen LogP) is 7.54. The Morgan fingerprint density at radius 2 is 1.74 bits per heavy atom. The second kappa shape index (κ2) is 10.5. The van der Waals surface area contributed by atoms with E-state index in [0.717, 1.165) is 33.0 Å². The topological polar surface area (TPSA) is 62.1 Å². The average Bonchev–Trinajstić information content (AvgIpc) is 2.85. The van der Waals surface area contributed by atoms with Crippen LogP contribution >= 0.6 is 11.6 Å². The van der Waals surface area contributed by atoms with Crippen molar-refractivity contribution in [2.75, 3.05) is 5.32 Å². The van der Waals surface area contributed by atoms with Crippen LogP contribution in [-0.2, 0) is 11.4 Å². The van der Waals surface area contributed by atoms with Crippen molar-refractivity contribution in [3.8, 4) is 11.8 Å². The van der Waals surface area contributed by atoms with Gasteiger partial charge in [-0.15, -0.1) is 0 Å². The fourth-order valence-corrected chi connectivity index (χ4v) is 4.09. The Kier molecular flexibility index (Phi) is 7.19. The third-order valence-electron chi connectivity index (χ3n) is 6.04. The van der Waals surface area contributed by atoms with Gasteiger partial charge in [0.1, 0.15) is 24.0 Å². The van der Waals surface area contributed by atoms with Crippen molar-refractivity contribution in [1.82, 2.24) is 0 Å². The van der Waals surface area contributed by atoms with Crippen LogP contribution in [0.2, 0.25) is 5.02 Å². The van der Waals surface area contributed by atoms with E-state index in [1.165, 1.54) is 6.08 Å². The molecule has 0 radical (unpaired) electrons. The molecule has 174 valence electrons. The van der Waals surface area contributed by atoms with Gasteiger partial charge >= 0.3 is 0 Å². The van der Waals surface area contributed by atoms with E-state index in [4.69, 9.17) is 16.3 Å². The van der Waals surface area contributed by atoms with E-state index in [-0.39, 0.29) is 5.57 Å². The van der Waals surface area contributed by atoms with Crippen LogP contribution in [0.3, 0.4) is 0 Å². The lowest BCUT2D eigenvalue weighted by molar-refractivity contribution is -0.112. The van der Waals surface area contributed by atoms with Gasteiger partial charge in [0.25, 0.3) is 5.91 Å². The first-order valence-electron chi connectivity index (χ1n) is 11.3. The molecule has 0 unspecified atom stereocenters. The maximum absolute atomic E-state index is 12.6. The van der Waals surface area contributed by atoms with Crippen LogP contribution < -0.4 is 10.1 Å². The number of carbonyl (C=O) groups is 1. The van der Waals surface area contributed by atoms with Crippen LogP contribution in [0.25, 0.3) is 16.8 Å². The molecule has 4 aromatic carbocycles. The number of hydrogen-bond donors (Lipinski definition) is 1. The van der Waals surface area contributed by atoms with Crippen LogP contribution in [-0.4, -0.2) is 5.91 Å². The highest BCUT2D eigenvalue weighted by Gasteiger charge is 2.12. The Balaban J connectivity index is 1.50. The molecule has 0 heterocycles. The molecule has 1 N–H and O–H groups in total. The summed E-state index contributed by atoms with van der Waals surface area (Å²) < 4.78 is 6.05. The number of fused-ring (bicyclic) bond motifs is 1. The zero-order chi connectivity index (χ0) is 24.9. The maximum Gasteiger partial charge on any atom is 0.266 e. The van der Waals surface area contributed by atoms with Crippen molar-refractivity contribution in [3.05, 3.63) is 111 Å².